The Morgan fingerprint density at radius 1 is 1.12 bits per heavy atom. The lowest BCUT2D eigenvalue weighted by atomic mass is 9.80. The van der Waals surface area contributed by atoms with Crippen LogP contribution in [0.15, 0.2) is 4.47 Å². The Labute approximate surface area is 107 Å². The van der Waals surface area contributed by atoms with Crippen molar-refractivity contribution in [1.82, 2.24) is 9.78 Å². The van der Waals surface area contributed by atoms with Gasteiger partial charge in [0.2, 0.25) is 0 Å². The van der Waals surface area contributed by atoms with E-state index in [0.29, 0.717) is 6.04 Å². The van der Waals surface area contributed by atoms with E-state index in [-0.39, 0.29) is 0 Å². The van der Waals surface area contributed by atoms with Crippen LogP contribution in [-0.2, 0) is 0 Å². The highest BCUT2D eigenvalue weighted by Crippen LogP contribution is 2.37. The van der Waals surface area contributed by atoms with Crippen molar-refractivity contribution in [3.8, 4) is 0 Å². The summed E-state index contributed by atoms with van der Waals surface area (Å²) in [5.41, 5.74) is 2.40. The quantitative estimate of drug-likeness (QED) is 0.754. The molecule has 0 amide bonds. The lowest BCUT2D eigenvalue weighted by Gasteiger charge is -2.32. The third kappa shape index (κ3) is 2.20. The Morgan fingerprint density at radius 3 is 2.12 bits per heavy atom. The molecule has 2 atom stereocenters. The molecule has 0 bridgehead atoms. The van der Waals surface area contributed by atoms with Crippen LogP contribution in [0.3, 0.4) is 0 Å². The second-order valence-corrected chi connectivity index (χ2v) is 6.29. The van der Waals surface area contributed by atoms with E-state index in [1.165, 1.54) is 29.4 Å². The maximum absolute atomic E-state index is 4.67. The SMILES string of the molecule is Cc1nn(C2CC(C)CC(C)C2)c(C)c1Br. The van der Waals surface area contributed by atoms with Crippen LogP contribution >= 0.6 is 15.9 Å². The van der Waals surface area contributed by atoms with E-state index < -0.39 is 0 Å². The molecule has 2 unspecified atom stereocenters. The van der Waals surface area contributed by atoms with Crippen LogP contribution in [0.25, 0.3) is 0 Å². The van der Waals surface area contributed by atoms with Crippen LogP contribution in [0.5, 0.6) is 0 Å². The molecule has 0 N–H and O–H groups in total. The number of halogens is 1. The van der Waals surface area contributed by atoms with Gasteiger partial charge in [-0.1, -0.05) is 13.8 Å². The van der Waals surface area contributed by atoms with Crippen molar-refractivity contribution >= 4 is 15.9 Å². The molecule has 0 aliphatic heterocycles. The molecule has 1 aliphatic rings. The van der Waals surface area contributed by atoms with Crippen molar-refractivity contribution in [3.05, 3.63) is 15.9 Å². The lowest BCUT2D eigenvalue weighted by molar-refractivity contribution is 0.207. The Balaban J connectivity index is 2.26. The molecule has 16 heavy (non-hydrogen) atoms. The largest absolute Gasteiger partial charge is 0.265 e. The molecule has 1 saturated carbocycles. The summed E-state index contributed by atoms with van der Waals surface area (Å²) in [6.07, 6.45) is 3.93. The standard InChI is InChI=1S/C13H21BrN2/c1-8-5-9(2)7-12(6-8)16-11(4)13(14)10(3)15-16/h8-9,12H,5-7H2,1-4H3. The fourth-order valence-electron chi connectivity index (χ4n) is 3.10. The summed E-state index contributed by atoms with van der Waals surface area (Å²) in [7, 11) is 0. The highest BCUT2D eigenvalue weighted by atomic mass is 79.9. The van der Waals surface area contributed by atoms with E-state index in [1.54, 1.807) is 0 Å². The number of aromatic nitrogens is 2. The average molecular weight is 285 g/mol. The molecule has 90 valence electrons. The fraction of sp³-hybridized carbons (Fsp3) is 0.769. The molecule has 1 aliphatic carbocycles. The molecule has 0 aromatic carbocycles. The number of hydrogen-bond acceptors (Lipinski definition) is 1. The molecular formula is C13H21BrN2. The first kappa shape index (κ1) is 12.2. The summed E-state index contributed by atoms with van der Waals surface area (Å²) in [6, 6.07) is 0.601. The maximum atomic E-state index is 4.67. The summed E-state index contributed by atoms with van der Waals surface area (Å²) >= 11 is 3.61. The molecule has 1 fully saturated rings. The highest BCUT2D eigenvalue weighted by Gasteiger charge is 2.27. The van der Waals surface area contributed by atoms with E-state index in [2.05, 4.69) is 53.4 Å². The van der Waals surface area contributed by atoms with Gasteiger partial charge in [-0.05, 0) is 60.9 Å². The predicted octanol–water partition coefficient (Wildman–Crippen LogP) is 4.26. The minimum absolute atomic E-state index is 0.601. The summed E-state index contributed by atoms with van der Waals surface area (Å²) < 4.78 is 3.42. The van der Waals surface area contributed by atoms with Crippen LogP contribution < -0.4 is 0 Å². The summed E-state index contributed by atoms with van der Waals surface area (Å²) in [5.74, 6) is 1.66. The van der Waals surface area contributed by atoms with Crippen molar-refractivity contribution in [1.29, 1.82) is 0 Å². The van der Waals surface area contributed by atoms with E-state index in [0.717, 1.165) is 17.5 Å². The van der Waals surface area contributed by atoms with Gasteiger partial charge < -0.3 is 0 Å². The topological polar surface area (TPSA) is 17.8 Å². The van der Waals surface area contributed by atoms with Crippen LogP contribution in [0.1, 0.15) is 50.5 Å². The van der Waals surface area contributed by atoms with Crippen molar-refractivity contribution in [2.45, 2.75) is 53.0 Å². The normalized spacial score (nSPS) is 30.7. The van der Waals surface area contributed by atoms with Crippen LogP contribution in [-0.4, -0.2) is 9.78 Å². The van der Waals surface area contributed by atoms with Gasteiger partial charge in [-0.3, -0.25) is 4.68 Å². The van der Waals surface area contributed by atoms with E-state index in [4.69, 9.17) is 0 Å². The Bertz CT molecular complexity index is 374. The van der Waals surface area contributed by atoms with Crippen LogP contribution in [0.4, 0.5) is 0 Å². The van der Waals surface area contributed by atoms with Gasteiger partial charge in [-0.2, -0.15) is 5.10 Å². The van der Waals surface area contributed by atoms with Crippen molar-refractivity contribution in [3.63, 3.8) is 0 Å². The van der Waals surface area contributed by atoms with Crippen molar-refractivity contribution in [2.75, 3.05) is 0 Å². The highest BCUT2D eigenvalue weighted by molar-refractivity contribution is 9.10. The van der Waals surface area contributed by atoms with E-state index in [9.17, 15) is 0 Å². The number of rotatable bonds is 1. The Hall–Kier alpha value is -0.310. The van der Waals surface area contributed by atoms with Gasteiger partial charge in [0.05, 0.1) is 21.9 Å². The van der Waals surface area contributed by atoms with Crippen molar-refractivity contribution < 1.29 is 0 Å². The van der Waals surface area contributed by atoms with Crippen LogP contribution in [0, 0.1) is 25.7 Å². The second-order valence-electron chi connectivity index (χ2n) is 5.50. The third-order valence-electron chi connectivity index (χ3n) is 3.74. The van der Waals surface area contributed by atoms with Gasteiger partial charge in [0.15, 0.2) is 0 Å². The lowest BCUT2D eigenvalue weighted by Crippen LogP contribution is -2.24. The van der Waals surface area contributed by atoms with Gasteiger partial charge in [0, 0.05) is 0 Å². The number of hydrogen-bond donors (Lipinski definition) is 0. The zero-order valence-corrected chi connectivity index (χ0v) is 12.2. The summed E-state index contributed by atoms with van der Waals surface area (Å²) in [5, 5.41) is 4.67. The average Bonchev–Trinajstić information content (AvgIpc) is 2.44. The Morgan fingerprint density at radius 2 is 1.69 bits per heavy atom. The number of nitrogens with zero attached hydrogens (tertiary/aromatic N) is 2. The monoisotopic (exact) mass is 284 g/mol. The summed E-state index contributed by atoms with van der Waals surface area (Å²) in [4.78, 5) is 0. The third-order valence-corrected chi connectivity index (χ3v) is 4.88. The number of aryl methyl sites for hydroxylation is 1. The molecular weight excluding hydrogens is 264 g/mol. The molecule has 0 saturated heterocycles. The molecule has 1 aromatic heterocycles. The molecule has 1 heterocycles. The van der Waals surface area contributed by atoms with Gasteiger partial charge in [-0.15, -0.1) is 0 Å². The van der Waals surface area contributed by atoms with E-state index >= 15 is 0 Å². The molecule has 1 aromatic rings. The molecule has 3 heteroatoms. The van der Waals surface area contributed by atoms with Crippen LogP contribution in [0.2, 0.25) is 0 Å². The van der Waals surface area contributed by atoms with Gasteiger partial charge in [0.1, 0.15) is 0 Å². The fourth-order valence-corrected chi connectivity index (χ4v) is 3.36. The maximum Gasteiger partial charge on any atom is 0.0738 e. The first-order valence-electron chi connectivity index (χ1n) is 6.20. The van der Waals surface area contributed by atoms with Gasteiger partial charge >= 0.3 is 0 Å². The molecule has 2 nitrogen and oxygen atoms in total. The second kappa shape index (κ2) is 4.52. The molecule has 2 rings (SSSR count). The smallest absolute Gasteiger partial charge is 0.0738 e. The van der Waals surface area contributed by atoms with Gasteiger partial charge in [0.25, 0.3) is 0 Å². The molecule has 0 radical (unpaired) electrons. The minimum Gasteiger partial charge on any atom is -0.265 e. The zero-order valence-electron chi connectivity index (χ0n) is 10.6. The van der Waals surface area contributed by atoms with E-state index in [1.807, 2.05) is 0 Å². The molecule has 0 spiro atoms. The summed E-state index contributed by atoms with van der Waals surface area (Å²) in [6.45, 7) is 8.96. The Kier molecular flexibility index (Phi) is 3.43. The first-order valence-corrected chi connectivity index (χ1v) is 6.99. The predicted molar refractivity (Wildman–Crippen MR) is 70.6 cm³/mol. The van der Waals surface area contributed by atoms with Crippen molar-refractivity contribution in [2.24, 2.45) is 11.8 Å². The van der Waals surface area contributed by atoms with Gasteiger partial charge in [-0.25, -0.2) is 0 Å². The zero-order chi connectivity index (χ0) is 11.9. The first-order chi connectivity index (χ1) is 7.49. The minimum atomic E-state index is 0.601.